The van der Waals surface area contributed by atoms with Crippen LogP contribution in [0.5, 0.6) is 5.75 Å². The van der Waals surface area contributed by atoms with Gasteiger partial charge in [0.1, 0.15) is 5.75 Å². The van der Waals surface area contributed by atoms with Gasteiger partial charge in [0, 0.05) is 17.2 Å². The third-order valence-corrected chi connectivity index (χ3v) is 4.51. The van der Waals surface area contributed by atoms with Gasteiger partial charge in [0.05, 0.1) is 0 Å². The van der Waals surface area contributed by atoms with Crippen LogP contribution in [0.3, 0.4) is 0 Å². The highest BCUT2D eigenvalue weighted by Crippen LogP contribution is 2.37. The average Bonchev–Trinajstić information content (AvgIpc) is 2.61. The Balaban J connectivity index is 2.12. The lowest BCUT2D eigenvalue weighted by Crippen LogP contribution is -2.08. The maximum Gasteiger partial charge on any atom is 0.311 e. The first-order valence-electron chi connectivity index (χ1n) is 8.88. The van der Waals surface area contributed by atoms with Gasteiger partial charge in [0.2, 0.25) is 0 Å². The standard InChI is InChI=1S/C22H24O2/c1-3-5-6-14-20(23)24-22-19-13-8-7-10-17(19)15-18-12-9-11-16(4-2)21(18)22/h7-13,15H,3-6,14H2,1-2H3. The van der Waals surface area contributed by atoms with Crippen LogP contribution >= 0.6 is 0 Å². The van der Waals surface area contributed by atoms with Crippen molar-refractivity contribution >= 4 is 27.5 Å². The van der Waals surface area contributed by atoms with Crippen LogP contribution in [0, 0.1) is 0 Å². The highest BCUT2D eigenvalue weighted by Gasteiger charge is 2.15. The van der Waals surface area contributed by atoms with E-state index >= 15 is 0 Å². The minimum absolute atomic E-state index is 0.132. The van der Waals surface area contributed by atoms with E-state index in [0.717, 1.165) is 53.0 Å². The predicted molar refractivity (Wildman–Crippen MR) is 101 cm³/mol. The lowest BCUT2D eigenvalue weighted by Gasteiger charge is -2.14. The fraction of sp³-hybridized carbons (Fsp3) is 0.318. The molecule has 0 aliphatic rings. The number of rotatable bonds is 6. The maximum absolute atomic E-state index is 12.4. The number of unbranched alkanes of at least 4 members (excludes halogenated alkanes) is 2. The largest absolute Gasteiger partial charge is 0.425 e. The fourth-order valence-electron chi connectivity index (χ4n) is 3.23. The quantitative estimate of drug-likeness (QED) is 0.239. The van der Waals surface area contributed by atoms with Crippen LogP contribution in [-0.2, 0) is 11.2 Å². The monoisotopic (exact) mass is 320 g/mol. The Bertz CT molecular complexity index is 864. The topological polar surface area (TPSA) is 26.3 Å². The summed E-state index contributed by atoms with van der Waals surface area (Å²) in [5, 5.41) is 4.32. The number of fused-ring (bicyclic) bond motifs is 2. The van der Waals surface area contributed by atoms with Gasteiger partial charge in [-0.2, -0.15) is 0 Å². The van der Waals surface area contributed by atoms with E-state index in [9.17, 15) is 4.79 Å². The number of esters is 1. The number of carbonyl (C=O) groups excluding carboxylic acids is 1. The molecule has 0 heterocycles. The lowest BCUT2D eigenvalue weighted by atomic mass is 9.97. The van der Waals surface area contributed by atoms with Crippen molar-refractivity contribution in [3.05, 3.63) is 54.1 Å². The zero-order chi connectivity index (χ0) is 16.9. The third kappa shape index (κ3) is 3.28. The van der Waals surface area contributed by atoms with Crippen molar-refractivity contribution in [3.63, 3.8) is 0 Å². The molecule has 3 aromatic carbocycles. The van der Waals surface area contributed by atoms with Gasteiger partial charge in [-0.3, -0.25) is 4.79 Å². The highest BCUT2D eigenvalue weighted by molar-refractivity contribution is 6.07. The fourth-order valence-corrected chi connectivity index (χ4v) is 3.23. The minimum atomic E-state index is -0.132. The van der Waals surface area contributed by atoms with E-state index in [-0.39, 0.29) is 5.97 Å². The molecule has 3 rings (SSSR count). The lowest BCUT2D eigenvalue weighted by molar-refractivity contribution is -0.134. The van der Waals surface area contributed by atoms with Crippen molar-refractivity contribution in [1.82, 2.24) is 0 Å². The molecule has 2 nitrogen and oxygen atoms in total. The third-order valence-electron chi connectivity index (χ3n) is 4.51. The Morgan fingerprint density at radius 2 is 1.75 bits per heavy atom. The van der Waals surface area contributed by atoms with E-state index < -0.39 is 0 Å². The number of hydrogen-bond donors (Lipinski definition) is 0. The smallest absolute Gasteiger partial charge is 0.311 e. The van der Waals surface area contributed by atoms with Crippen LogP contribution in [-0.4, -0.2) is 5.97 Å². The predicted octanol–water partition coefficient (Wildman–Crippen LogP) is 6.04. The summed E-state index contributed by atoms with van der Waals surface area (Å²) < 4.78 is 5.89. The van der Waals surface area contributed by atoms with Crippen LogP contribution < -0.4 is 4.74 Å². The van der Waals surface area contributed by atoms with Crippen molar-refractivity contribution in [1.29, 1.82) is 0 Å². The van der Waals surface area contributed by atoms with Gasteiger partial charge in [0.25, 0.3) is 0 Å². The van der Waals surface area contributed by atoms with E-state index in [2.05, 4.69) is 44.2 Å². The van der Waals surface area contributed by atoms with Gasteiger partial charge in [-0.05, 0) is 35.2 Å². The van der Waals surface area contributed by atoms with Gasteiger partial charge in [-0.1, -0.05) is 69.2 Å². The molecule has 0 aliphatic carbocycles. The van der Waals surface area contributed by atoms with Gasteiger partial charge in [0.15, 0.2) is 0 Å². The summed E-state index contributed by atoms with van der Waals surface area (Å²) in [7, 11) is 0. The molecule has 24 heavy (non-hydrogen) atoms. The minimum Gasteiger partial charge on any atom is -0.425 e. The summed E-state index contributed by atoms with van der Waals surface area (Å²) in [4.78, 5) is 12.4. The first-order valence-corrected chi connectivity index (χ1v) is 8.88. The molecule has 0 saturated carbocycles. The van der Waals surface area contributed by atoms with Crippen molar-refractivity contribution in [2.45, 2.75) is 46.0 Å². The SMILES string of the molecule is CCCCCC(=O)Oc1c2ccccc2cc2cccc(CC)c12. The Kier molecular flexibility index (Phi) is 5.14. The Labute approximate surface area is 143 Å². The summed E-state index contributed by atoms with van der Waals surface area (Å²) in [6.45, 7) is 4.27. The molecular weight excluding hydrogens is 296 g/mol. The van der Waals surface area contributed by atoms with E-state index in [1.54, 1.807) is 0 Å². The second-order valence-electron chi connectivity index (χ2n) is 6.23. The molecule has 0 radical (unpaired) electrons. The number of carbonyl (C=O) groups is 1. The van der Waals surface area contributed by atoms with Crippen LogP contribution in [0.25, 0.3) is 21.5 Å². The molecule has 0 atom stereocenters. The molecule has 0 aliphatic heterocycles. The molecule has 2 heteroatoms. The molecule has 0 bridgehead atoms. The first-order chi connectivity index (χ1) is 11.7. The van der Waals surface area contributed by atoms with Crippen LogP contribution in [0.15, 0.2) is 48.5 Å². The van der Waals surface area contributed by atoms with Crippen LogP contribution in [0.4, 0.5) is 0 Å². The Morgan fingerprint density at radius 3 is 2.54 bits per heavy atom. The van der Waals surface area contributed by atoms with Crippen molar-refractivity contribution in [3.8, 4) is 5.75 Å². The number of hydrogen-bond acceptors (Lipinski definition) is 2. The van der Waals surface area contributed by atoms with E-state index in [0.29, 0.717) is 6.42 Å². The van der Waals surface area contributed by atoms with E-state index in [1.165, 1.54) is 5.56 Å². The van der Waals surface area contributed by atoms with Crippen molar-refractivity contribution < 1.29 is 9.53 Å². The molecule has 124 valence electrons. The summed E-state index contributed by atoms with van der Waals surface area (Å²) in [6.07, 6.45) is 4.44. The summed E-state index contributed by atoms with van der Waals surface area (Å²) in [5.41, 5.74) is 1.22. The van der Waals surface area contributed by atoms with Crippen molar-refractivity contribution in [2.75, 3.05) is 0 Å². The molecular formula is C22H24O2. The highest BCUT2D eigenvalue weighted by atomic mass is 16.5. The van der Waals surface area contributed by atoms with Gasteiger partial charge < -0.3 is 4.74 Å². The van der Waals surface area contributed by atoms with Crippen molar-refractivity contribution in [2.24, 2.45) is 0 Å². The Morgan fingerprint density at radius 1 is 0.958 bits per heavy atom. The molecule has 0 fully saturated rings. The normalized spacial score (nSPS) is 11.1. The summed E-state index contributed by atoms with van der Waals surface area (Å²) >= 11 is 0. The second-order valence-corrected chi connectivity index (χ2v) is 6.23. The molecule has 0 N–H and O–H groups in total. The first kappa shape index (κ1) is 16.5. The summed E-state index contributed by atoms with van der Waals surface area (Å²) in [5.74, 6) is 0.592. The number of aryl methyl sites for hydroxylation is 1. The molecule has 0 aromatic heterocycles. The van der Waals surface area contributed by atoms with Gasteiger partial charge >= 0.3 is 5.97 Å². The summed E-state index contributed by atoms with van der Waals surface area (Å²) in [6, 6.07) is 16.6. The number of benzene rings is 3. The number of ether oxygens (including phenoxy) is 1. The van der Waals surface area contributed by atoms with Gasteiger partial charge in [-0.25, -0.2) is 0 Å². The second kappa shape index (κ2) is 7.48. The molecule has 0 unspecified atom stereocenters. The van der Waals surface area contributed by atoms with E-state index in [4.69, 9.17) is 4.74 Å². The zero-order valence-electron chi connectivity index (χ0n) is 14.5. The van der Waals surface area contributed by atoms with Crippen LogP contribution in [0.1, 0.15) is 45.1 Å². The molecule has 0 spiro atoms. The average molecular weight is 320 g/mol. The molecule has 0 amide bonds. The molecule has 0 saturated heterocycles. The maximum atomic E-state index is 12.4. The molecule has 3 aromatic rings. The Hall–Kier alpha value is -2.35. The van der Waals surface area contributed by atoms with E-state index in [1.807, 2.05) is 18.2 Å². The van der Waals surface area contributed by atoms with Gasteiger partial charge in [-0.15, -0.1) is 0 Å². The van der Waals surface area contributed by atoms with Crippen LogP contribution in [0.2, 0.25) is 0 Å². The zero-order valence-corrected chi connectivity index (χ0v) is 14.5.